The van der Waals surface area contributed by atoms with Crippen molar-refractivity contribution in [2.24, 2.45) is 0 Å². The molecule has 21 heavy (non-hydrogen) atoms. The Morgan fingerprint density at radius 2 is 2.14 bits per heavy atom. The van der Waals surface area contributed by atoms with Gasteiger partial charge in [0.2, 0.25) is 0 Å². The van der Waals surface area contributed by atoms with Crippen molar-refractivity contribution in [1.29, 1.82) is 0 Å². The first-order valence-corrected chi connectivity index (χ1v) is 7.71. The number of anilines is 1. The minimum atomic E-state index is -0.185. The third-order valence-electron chi connectivity index (χ3n) is 3.76. The van der Waals surface area contributed by atoms with Crippen LogP contribution in [0.5, 0.6) is 0 Å². The first-order chi connectivity index (χ1) is 9.85. The lowest BCUT2D eigenvalue weighted by Crippen LogP contribution is -2.36. The van der Waals surface area contributed by atoms with Gasteiger partial charge in [-0.15, -0.1) is 0 Å². The molecule has 2 rings (SSSR count). The fraction of sp³-hybridized carbons (Fsp3) is 0.647. The summed E-state index contributed by atoms with van der Waals surface area (Å²) in [5, 5.41) is 3.43. The summed E-state index contributed by atoms with van der Waals surface area (Å²) in [6, 6.07) is 5.02. The van der Waals surface area contributed by atoms with Crippen LogP contribution < -0.4 is 10.2 Å². The van der Waals surface area contributed by atoms with Crippen LogP contribution in [0.25, 0.3) is 0 Å². The lowest BCUT2D eigenvalue weighted by atomic mass is 10.1. The van der Waals surface area contributed by atoms with Crippen LogP contribution in [0.4, 0.5) is 10.1 Å². The number of ether oxygens (including phenoxy) is 1. The number of hydrogen-bond donors (Lipinski definition) is 1. The average Bonchev–Trinajstić information content (AvgIpc) is 2.88. The minimum Gasteiger partial charge on any atom is -0.376 e. The van der Waals surface area contributed by atoms with E-state index in [1.807, 2.05) is 6.07 Å². The van der Waals surface area contributed by atoms with Gasteiger partial charge in [-0.25, -0.2) is 4.39 Å². The molecule has 0 radical (unpaired) electrons. The maximum absolute atomic E-state index is 13.6. The molecule has 1 saturated heterocycles. The summed E-state index contributed by atoms with van der Waals surface area (Å²) in [5.74, 6) is -0.185. The number of nitrogens with zero attached hydrogens (tertiary/aromatic N) is 1. The highest BCUT2D eigenvalue weighted by Crippen LogP contribution is 2.23. The molecule has 1 fully saturated rings. The maximum Gasteiger partial charge on any atom is 0.123 e. The van der Waals surface area contributed by atoms with Crippen molar-refractivity contribution in [2.75, 3.05) is 25.1 Å². The SMILES string of the molecule is CN(CC1CCCO1)c1ccc(F)cc1CNC(C)(C)C. The van der Waals surface area contributed by atoms with Gasteiger partial charge in [0.15, 0.2) is 0 Å². The fourth-order valence-corrected chi connectivity index (χ4v) is 2.62. The normalized spacial score (nSPS) is 19.0. The van der Waals surface area contributed by atoms with E-state index in [-0.39, 0.29) is 11.4 Å². The molecule has 0 spiro atoms. The van der Waals surface area contributed by atoms with Crippen LogP contribution in [0.15, 0.2) is 18.2 Å². The van der Waals surface area contributed by atoms with Gasteiger partial charge in [-0.1, -0.05) is 0 Å². The molecule has 1 aliphatic heterocycles. The van der Waals surface area contributed by atoms with Gasteiger partial charge in [-0.3, -0.25) is 0 Å². The lowest BCUT2D eigenvalue weighted by molar-refractivity contribution is 0.116. The Kier molecular flexibility index (Phi) is 5.22. The third-order valence-corrected chi connectivity index (χ3v) is 3.76. The van der Waals surface area contributed by atoms with Crippen LogP contribution in [0, 0.1) is 5.82 Å². The number of benzene rings is 1. The van der Waals surface area contributed by atoms with E-state index in [0.29, 0.717) is 12.6 Å². The van der Waals surface area contributed by atoms with Crippen molar-refractivity contribution in [2.45, 2.75) is 51.8 Å². The van der Waals surface area contributed by atoms with Crippen molar-refractivity contribution >= 4 is 5.69 Å². The molecule has 1 unspecified atom stereocenters. The fourth-order valence-electron chi connectivity index (χ4n) is 2.62. The first-order valence-electron chi connectivity index (χ1n) is 7.71. The largest absolute Gasteiger partial charge is 0.376 e. The van der Waals surface area contributed by atoms with Gasteiger partial charge >= 0.3 is 0 Å². The number of rotatable bonds is 5. The van der Waals surface area contributed by atoms with E-state index in [1.54, 1.807) is 6.07 Å². The monoisotopic (exact) mass is 294 g/mol. The standard InChI is InChI=1S/C17H27FN2O/c1-17(2,3)19-11-13-10-14(18)7-8-16(13)20(4)12-15-6-5-9-21-15/h7-8,10,15,19H,5-6,9,11-12H2,1-4H3. The first kappa shape index (κ1) is 16.2. The summed E-state index contributed by atoms with van der Waals surface area (Å²) in [5.41, 5.74) is 2.07. The molecule has 0 aromatic heterocycles. The van der Waals surface area contributed by atoms with Crippen molar-refractivity contribution < 1.29 is 9.13 Å². The summed E-state index contributed by atoms with van der Waals surface area (Å²) >= 11 is 0. The van der Waals surface area contributed by atoms with Crippen LogP contribution in [-0.4, -0.2) is 31.8 Å². The highest BCUT2D eigenvalue weighted by molar-refractivity contribution is 5.53. The zero-order valence-electron chi connectivity index (χ0n) is 13.6. The van der Waals surface area contributed by atoms with Crippen LogP contribution in [0.2, 0.25) is 0 Å². The molecule has 1 heterocycles. The molecule has 0 saturated carbocycles. The second-order valence-electron chi connectivity index (χ2n) is 6.89. The van der Waals surface area contributed by atoms with Gasteiger partial charge in [0.1, 0.15) is 5.82 Å². The second kappa shape index (κ2) is 6.75. The molecule has 1 N–H and O–H groups in total. The van der Waals surface area contributed by atoms with Crippen LogP contribution >= 0.6 is 0 Å². The van der Waals surface area contributed by atoms with Gasteiger partial charge in [-0.05, 0) is 57.4 Å². The van der Waals surface area contributed by atoms with Crippen molar-refractivity contribution in [3.8, 4) is 0 Å². The summed E-state index contributed by atoms with van der Waals surface area (Å²) in [6.07, 6.45) is 2.55. The topological polar surface area (TPSA) is 24.5 Å². The van der Waals surface area contributed by atoms with Crippen LogP contribution in [0.1, 0.15) is 39.2 Å². The molecule has 0 bridgehead atoms. The van der Waals surface area contributed by atoms with Crippen molar-refractivity contribution in [3.05, 3.63) is 29.6 Å². The highest BCUT2D eigenvalue weighted by atomic mass is 19.1. The van der Waals surface area contributed by atoms with E-state index in [0.717, 1.165) is 37.2 Å². The second-order valence-corrected chi connectivity index (χ2v) is 6.89. The molecule has 1 aromatic carbocycles. The van der Waals surface area contributed by atoms with Gasteiger partial charge in [0.25, 0.3) is 0 Å². The molecule has 4 heteroatoms. The maximum atomic E-state index is 13.6. The van der Waals surface area contributed by atoms with Gasteiger partial charge in [-0.2, -0.15) is 0 Å². The Labute approximate surface area is 127 Å². The van der Waals surface area contributed by atoms with Crippen LogP contribution in [-0.2, 0) is 11.3 Å². The average molecular weight is 294 g/mol. The Hall–Kier alpha value is -1.13. The van der Waals surface area contributed by atoms with E-state index in [4.69, 9.17) is 4.74 Å². The summed E-state index contributed by atoms with van der Waals surface area (Å²) in [6.45, 7) is 8.72. The smallest absolute Gasteiger partial charge is 0.123 e. The number of likely N-dealkylation sites (N-methyl/N-ethyl adjacent to an activating group) is 1. The van der Waals surface area contributed by atoms with Gasteiger partial charge in [0, 0.05) is 38.0 Å². The minimum absolute atomic E-state index is 0.0106. The van der Waals surface area contributed by atoms with Crippen molar-refractivity contribution in [3.63, 3.8) is 0 Å². The number of nitrogens with one attached hydrogen (secondary N) is 1. The zero-order valence-corrected chi connectivity index (χ0v) is 13.6. The molecule has 118 valence electrons. The van der Waals surface area contributed by atoms with Crippen molar-refractivity contribution in [1.82, 2.24) is 5.32 Å². The predicted molar refractivity (Wildman–Crippen MR) is 85.2 cm³/mol. The van der Waals surface area contributed by atoms with E-state index >= 15 is 0 Å². The van der Waals surface area contributed by atoms with Crippen LogP contribution in [0.3, 0.4) is 0 Å². The molecule has 1 atom stereocenters. The summed E-state index contributed by atoms with van der Waals surface area (Å²) in [7, 11) is 2.05. The van der Waals surface area contributed by atoms with E-state index < -0.39 is 0 Å². The molecule has 1 aliphatic rings. The molecule has 0 aliphatic carbocycles. The Bertz CT molecular complexity index is 464. The summed E-state index contributed by atoms with van der Waals surface area (Å²) in [4.78, 5) is 2.18. The lowest BCUT2D eigenvalue weighted by Gasteiger charge is -2.27. The van der Waals surface area contributed by atoms with E-state index in [9.17, 15) is 4.39 Å². The molecular formula is C17H27FN2O. The number of hydrogen-bond acceptors (Lipinski definition) is 3. The highest BCUT2D eigenvalue weighted by Gasteiger charge is 2.19. The number of halogens is 1. The molecule has 3 nitrogen and oxygen atoms in total. The molecule has 1 aromatic rings. The van der Waals surface area contributed by atoms with E-state index in [2.05, 4.69) is 38.0 Å². The Balaban J connectivity index is 2.09. The van der Waals surface area contributed by atoms with Gasteiger partial charge < -0.3 is 15.0 Å². The van der Waals surface area contributed by atoms with E-state index in [1.165, 1.54) is 6.07 Å². The summed E-state index contributed by atoms with van der Waals surface area (Å²) < 4.78 is 19.3. The molecular weight excluding hydrogens is 267 g/mol. The Morgan fingerprint density at radius 3 is 2.76 bits per heavy atom. The third kappa shape index (κ3) is 4.97. The Morgan fingerprint density at radius 1 is 1.38 bits per heavy atom. The molecule has 0 amide bonds. The van der Waals surface area contributed by atoms with Gasteiger partial charge in [0.05, 0.1) is 6.10 Å². The predicted octanol–water partition coefficient (Wildman–Crippen LogP) is 3.33. The quantitative estimate of drug-likeness (QED) is 0.901. The zero-order chi connectivity index (χ0) is 15.5.